The van der Waals surface area contributed by atoms with Crippen LogP contribution in [0.25, 0.3) is 0 Å². The van der Waals surface area contributed by atoms with Crippen LogP contribution >= 0.6 is 0 Å². The van der Waals surface area contributed by atoms with Crippen LogP contribution in [0.2, 0.25) is 0 Å². The number of hydrogen-bond acceptors (Lipinski definition) is 5. The van der Waals surface area contributed by atoms with Crippen molar-refractivity contribution in [1.29, 1.82) is 0 Å². The van der Waals surface area contributed by atoms with Gasteiger partial charge in [0.25, 0.3) is 0 Å². The molecular formula is C21H33BN2O4. The maximum atomic E-state index is 12.3. The molecule has 0 unspecified atom stereocenters. The molecule has 7 heteroatoms. The van der Waals surface area contributed by atoms with Crippen molar-refractivity contribution in [2.75, 3.05) is 13.1 Å². The Kier molecular flexibility index (Phi) is 5.54. The average Bonchev–Trinajstić information content (AvgIpc) is 2.81. The van der Waals surface area contributed by atoms with Crippen LogP contribution in [0.3, 0.4) is 0 Å². The van der Waals surface area contributed by atoms with Crippen LogP contribution in [0.5, 0.6) is 0 Å². The number of pyridine rings is 1. The summed E-state index contributed by atoms with van der Waals surface area (Å²) in [6, 6.07) is 4.15. The fraction of sp³-hybridized carbons (Fsp3) is 0.714. The molecular weight excluding hydrogens is 355 g/mol. The molecule has 1 aromatic heterocycles. The van der Waals surface area contributed by atoms with E-state index in [1.54, 1.807) is 4.90 Å². The molecule has 0 atom stereocenters. The van der Waals surface area contributed by atoms with E-state index >= 15 is 0 Å². The second kappa shape index (κ2) is 7.34. The lowest BCUT2D eigenvalue weighted by Gasteiger charge is -2.33. The molecule has 2 aliphatic heterocycles. The number of likely N-dealkylation sites (tertiary alicyclic amines) is 1. The Bertz CT molecular complexity index is 705. The van der Waals surface area contributed by atoms with Gasteiger partial charge in [-0.3, -0.25) is 4.98 Å². The first-order chi connectivity index (χ1) is 12.9. The van der Waals surface area contributed by atoms with Gasteiger partial charge >= 0.3 is 13.2 Å². The third kappa shape index (κ3) is 4.52. The molecule has 0 aromatic carbocycles. The first-order valence-electron chi connectivity index (χ1n) is 10.2. The van der Waals surface area contributed by atoms with Crippen molar-refractivity contribution in [2.45, 2.75) is 84.0 Å². The first kappa shape index (κ1) is 21.1. The minimum absolute atomic E-state index is 0.224. The maximum Gasteiger partial charge on any atom is 0.514 e. The third-order valence-electron chi connectivity index (χ3n) is 5.92. The Morgan fingerprint density at radius 3 is 2.29 bits per heavy atom. The predicted molar refractivity (Wildman–Crippen MR) is 110 cm³/mol. The summed E-state index contributed by atoms with van der Waals surface area (Å²) in [5.41, 5.74) is 0.813. The molecule has 3 rings (SSSR count). The summed E-state index contributed by atoms with van der Waals surface area (Å²) >= 11 is 0. The van der Waals surface area contributed by atoms with Gasteiger partial charge in [0, 0.05) is 19.3 Å². The van der Waals surface area contributed by atoms with E-state index in [2.05, 4.69) is 17.1 Å². The molecule has 0 N–H and O–H groups in total. The first-order valence-corrected chi connectivity index (χ1v) is 10.2. The summed E-state index contributed by atoms with van der Waals surface area (Å²) in [5.74, 6) is 0.392. The number of piperidine rings is 1. The van der Waals surface area contributed by atoms with Gasteiger partial charge in [0.2, 0.25) is 0 Å². The standard InChI is InChI=1S/C21H33BN2O4/c1-19(2,3)26-18(25)24-12-9-15(10-13-24)16-8-11-23-17(14-16)22-27-20(4,5)21(6,7)28-22/h8,11,14-15H,9-10,12-13H2,1-7H3. The van der Waals surface area contributed by atoms with Crippen molar-refractivity contribution >= 4 is 18.8 Å². The van der Waals surface area contributed by atoms with Gasteiger partial charge in [-0.1, -0.05) is 0 Å². The Labute approximate surface area is 169 Å². The molecule has 2 fully saturated rings. The largest absolute Gasteiger partial charge is 0.514 e. The quantitative estimate of drug-likeness (QED) is 0.726. The zero-order valence-corrected chi connectivity index (χ0v) is 18.2. The summed E-state index contributed by atoms with van der Waals surface area (Å²) in [6.45, 7) is 15.3. The Morgan fingerprint density at radius 2 is 1.75 bits per heavy atom. The van der Waals surface area contributed by atoms with Crippen molar-refractivity contribution in [3.63, 3.8) is 0 Å². The van der Waals surface area contributed by atoms with E-state index in [1.807, 2.05) is 54.7 Å². The summed E-state index contributed by atoms with van der Waals surface area (Å²) in [5, 5.41) is 0. The number of carbonyl (C=O) groups excluding carboxylic acids is 1. The fourth-order valence-electron chi connectivity index (χ4n) is 3.53. The van der Waals surface area contributed by atoms with Gasteiger partial charge in [-0.05, 0) is 84.9 Å². The minimum atomic E-state index is -0.462. The number of carbonyl (C=O) groups is 1. The topological polar surface area (TPSA) is 60.9 Å². The molecule has 28 heavy (non-hydrogen) atoms. The molecule has 3 heterocycles. The fourth-order valence-corrected chi connectivity index (χ4v) is 3.53. The number of rotatable bonds is 2. The van der Waals surface area contributed by atoms with E-state index in [0.29, 0.717) is 19.0 Å². The van der Waals surface area contributed by atoms with E-state index in [0.717, 1.165) is 18.4 Å². The second-order valence-electron chi connectivity index (χ2n) is 9.84. The van der Waals surface area contributed by atoms with Gasteiger partial charge < -0.3 is 18.9 Å². The highest BCUT2D eigenvalue weighted by molar-refractivity contribution is 6.61. The third-order valence-corrected chi connectivity index (χ3v) is 5.92. The molecule has 0 radical (unpaired) electrons. The highest BCUT2D eigenvalue weighted by Gasteiger charge is 2.52. The van der Waals surface area contributed by atoms with Gasteiger partial charge in [-0.15, -0.1) is 0 Å². The van der Waals surface area contributed by atoms with Crippen LogP contribution in [0.1, 0.15) is 72.8 Å². The summed E-state index contributed by atoms with van der Waals surface area (Å²) in [6.07, 6.45) is 3.42. The molecule has 0 bridgehead atoms. The van der Waals surface area contributed by atoms with Crippen LogP contribution in [-0.2, 0) is 14.0 Å². The van der Waals surface area contributed by atoms with Crippen LogP contribution < -0.4 is 5.59 Å². The van der Waals surface area contributed by atoms with E-state index in [9.17, 15) is 4.79 Å². The van der Waals surface area contributed by atoms with Gasteiger partial charge in [0.05, 0.1) is 16.8 Å². The van der Waals surface area contributed by atoms with Crippen molar-refractivity contribution < 1.29 is 18.8 Å². The van der Waals surface area contributed by atoms with E-state index in [4.69, 9.17) is 14.0 Å². The number of amides is 1. The molecule has 6 nitrogen and oxygen atoms in total. The van der Waals surface area contributed by atoms with E-state index in [1.165, 1.54) is 5.56 Å². The lowest BCUT2D eigenvalue weighted by molar-refractivity contribution is 0.00578. The van der Waals surface area contributed by atoms with Gasteiger partial charge in [0.1, 0.15) is 5.60 Å². The zero-order chi connectivity index (χ0) is 20.7. The number of ether oxygens (including phenoxy) is 1. The molecule has 0 spiro atoms. The van der Waals surface area contributed by atoms with Crippen molar-refractivity contribution in [2.24, 2.45) is 0 Å². The van der Waals surface area contributed by atoms with Gasteiger partial charge in [-0.2, -0.15) is 0 Å². The van der Waals surface area contributed by atoms with Gasteiger partial charge in [-0.25, -0.2) is 4.79 Å². The second-order valence-corrected chi connectivity index (χ2v) is 9.84. The average molecular weight is 388 g/mol. The predicted octanol–water partition coefficient (Wildman–Crippen LogP) is 3.50. The Hall–Kier alpha value is -1.60. The highest BCUT2D eigenvalue weighted by Crippen LogP contribution is 2.36. The SMILES string of the molecule is CC(C)(C)OC(=O)N1CCC(c2ccnc(B3OC(C)(C)C(C)(C)O3)c2)CC1. The van der Waals surface area contributed by atoms with Crippen LogP contribution in [-0.4, -0.2) is 53.0 Å². The van der Waals surface area contributed by atoms with E-state index in [-0.39, 0.29) is 17.3 Å². The smallest absolute Gasteiger partial charge is 0.444 e. The van der Waals surface area contributed by atoms with Gasteiger partial charge in [0.15, 0.2) is 0 Å². The zero-order valence-electron chi connectivity index (χ0n) is 18.2. The monoisotopic (exact) mass is 388 g/mol. The summed E-state index contributed by atoms with van der Waals surface area (Å²) in [4.78, 5) is 18.6. The Balaban J connectivity index is 1.64. The molecule has 1 amide bonds. The summed E-state index contributed by atoms with van der Waals surface area (Å²) < 4.78 is 17.8. The number of hydrogen-bond donors (Lipinski definition) is 0. The number of aromatic nitrogens is 1. The van der Waals surface area contributed by atoms with Crippen molar-refractivity contribution in [3.8, 4) is 0 Å². The molecule has 0 aliphatic carbocycles. The lowest BCUT2D eigenvalue weighted by atomic mass is 9.81. The molecule has 2 aliphatic rings. The van der Waals surface area contributed by atoms with Crippen molar-refractivity contribution in [3.05, 3.63) is 23.9 Å². The van der Waals surface area contributed by atoms with Crippen LogP contribution in [0.4, 0.5) is 4.79 Å². The molecule has 2 saturated heterocycles. The molecule has 1 aromatic rings. The number of nitrogens with zero attached hydrogens (tertiary/aromatic N) is 2. The highest BCUT2D eigenvalue weighted by atomic mass is 16.7. The van der Waals surface area contributed by atoms with Crippen LogP contribution in [0, 0.1) is 0 Å². The Morgan fingerprint density at radius 1 is 1.18 bits per heavy atom. The van der Waals surface area contributed by atoms with E-state index < -0.39 is 12.7 Å². The molecule has 0 saturated carbocycles. The lowest BCUT2D eigenvalue weighted by Crippen LogP contribution is -2.41. The maximum absolute atomic E-state index is 12.3. The normalized spacial score (nSPS) is 22.4. The van der Waals surface area contributed by atoms with Crippen molar-refractivity contribution in [1.82, 2.24) is 9.88 Å². The van der Waals surface area contributed by atoms with Crippen LogP contribution in [0.15, 0.2) is 18.3 Å². The molecule has 154 valence electrons. The minimum Gasteiger partial charge on any atom is -0.444 e. The summed E-state index contributed by atoms with van der Waals surface area (Å²) in [7, 11) is -0.452.